The topological polar surface area (TPSA) is 46.6 Å². The second kappa shape index (κ2) is 6.09. The number of methoxy groups -OCH3 is 1. The molecule has 0 fully saturated rings. The maximum Gasteiger partial charge on any atom is 0.335 e. The van der Waals surface area contributed by atoms with Gasteiger partial charge in [0, 0.05) is 21.9 Å². The van der Waals surface area contributed by atoms with Crippen LogP contribution in [0, 0.1) is 3.57 Å². The third-order valence-corrected chi connectivity index (χ3v) is 5.74. The number of anilines is 1. The molecule has 26 heavy (non-hydrogen) atoms. The molecule has 0 saturated carbocycles. The molecule has 2 aliphatic rings. The Hall–Kier alpha value is -2.41. The van der Waals surface area contributed by atoms with E-state index in [1.807, 2.05) is 54.6 Å². The molecule has 0 N–H and O–H groups in total. The molecular formula is C21H16INO3. The third-order valence-electron chi connectivity index (χ3n) is 5.06. The van der Waals surface area contributed by atoms with E-state index in [0.717, 1.165) is 26.0 Å². The molecule has 0 unspecified atom stereocenters. The molecule has 0 aromatic heterocycles. The zero-order chi connectivity index (χ0) is 18.5. The van der Waals surface area contributed by atoms with E-state index >= 15 is 0 Å². The number of hydrogen-bond donors (Lipinski definition) is 0. The fourth-order valence-electron chi connectivity index (χ4n) is 3.92. The summed E-state index contributed by atoms with van der Waals surface area (Å²) in [7, 11) is 3.09. The molecule has 1 amide bonds. The van der Waals surface area contributed by atoms with E-state index in [2.05, 4.69) is 22.6 Å². The van der Waals surface area contributed by atoms with Crippen molar-refractivity contribution >= 4 is 45.7 Å². The molecule has 1 spiro atoms. The van der Waals surface area contributed by atoms with Gasteiger partial charge in [-0.3, -0.25) is 4.79 Å². The summed E-state index contributed by atoms with van der Waals surface area (Å²) >= 11 is 2.23. The van der Waals surface area contributed by atoms with Gasteiger partial charge in [-0.25, -0.2) is 4.79 Å². The average molecular weight is 457 g/mol. The maximum atomic E-state index is 13.5. The lowest BCUT2D eigenvalue weighted by atomic mass is 9.70. The van der Waals surface area contributed by atoms with Crippen LogP contribution in [0.15, 0.2) is 66.3 Å². The number of likely N-dealkylation sites (N-methyl/N-ethyl adjacent to an activating group) is 1. The fraction of sp³-hybridized carbons (Fsp3) is 0.143. The lowest BCUT2D eigenvalue weighted by molar-refractivity contribution is -0.137. The molecule has 0 bridgehead atoms. The third kappa shape index (κ3) is 2.13. The van der Waals surface area contributed by atoms with Crippen LogP contribution in [-0.4, -0.2) is 26.0 Å². The van der Waals surface area contributed by atoms with E-state index in [1.165, 1.54) is 7.11 Å². The van der Waals surface area contributed by atoms with Crippen LogP contribution < -0.4 is 4.90 Å². The number of hydrogen-bond acceptors (Lipinski definition) is 3. The van der Waals surface area contributed by atoms with Crippen molar-refractivity contribution in [3.8, 4) is 0 Å². The van der Waals surface area contributed by atoms with Crippen LogP contribution in [0.2, 0.25) is 0 Å². The van der Waals surface area contributed by atoms with Crippen molar-refractivity contribution in [1.82, 2.24) is 0 Å². The first-order valence-electron chi connectivity index (χ1n) is 8.16. The highest BCUT2D eigenvalue weighted by molar-refractivity contribution is 14.1. The minimum absolute atomic E-state index is 0.140. The summed E-state index contributed by atoms with van der Waals surface area (Å²) in [6.07, 6.45) is 3.58. The molecule has 1 atom stereocenters. The Kier molecular flexibility index (Phi) is 3.99. The standard InChI is InChI=1S/C21H16INO3/c1-23-18-11-8-14(22)12-17(18)21(20(23)25)15(13-6-4-3-5-7-13)9-10-16(21)19(24)26-2/h3-12H,1-2H3/t21-/m0/s1. The summed E-state index contributed by atoms with van der Waals surface area (Å²) in [5.74, 6) is -0.626. The van der Waals surface area contributed by atoms with Gasteiger partial charge < -0.3 is 9.64 Å². The largest absolute Gasteiger partial charge is 0.466 e. The highest BCUT2D eigenvalue weighted by Gasteiger charge is 2.58. The van der Waals surface area contributed by atoms with Gasteiger partial charge in [0.2, 0.25) is 5.91 Å². The highest BCUT2D eigenvalue weighted by atomic mass is 127. The van der Waals surface area contributed by atoms with Gasteiger partial charge in [-0.15, -0.1) is 0 Å². The number of rotatable bonds is 2. The van der Waals surface area contributed by atoms with Gasteiger partial charge in [-0.05, 0) is 58.0 Å². The summed E-state index contributed by atoms with van der Waals surface area (Å²) in [5.41, 5.74) is 2.54. The molecule has 130 valence electrons. The van der Waals surface area contributed by atoms with E-state index in [0.29, 0.717) is 5.57 Å². The number of carbonyl (C=O) groups excluding carboxylic acids is 2. The van der Waals surface area contributed by atoms with Gasteiger partial charge >= 0.3 is 5.97 Å². The van der Waals surface area contributed by atoms with Crippen LogP contribution >= 0.6 is 22.6 Å². The summed E-state index contributed by atoms with van der Waals surface area (Å²) < 4.78 is 6.03. The van der Waals surface area contributed by atoms with E-state index in [4.69, 9.17) is 4.74 Å². The quantitative estimate of drug-likeness (QED) is 0.511. The lowest BCUT2D eigenvalue weighted by Gasteiger charge is -2.29. The molecule has 2 aromatic rings. The number of allylic oxidation sites excluding steroid dienone is 2. The number of ether oxygens (including phenoxy) is 1. The van der Waals surface area contributed by atoms with Crippen molar-refractivity contribution in [2.45, 2.75) is 5.41 Å². The number of fused-ring (bicyclic) bond motifs is 2. The average Bonchev–Trinajstić information content (AvgIpc) is 3.16. The molecule has 0 radical (unpaired) electrons. The molecule has 4 nitrogen and oxygen atoms in total. The van der Waals surface area contributed by atoms with Crippen molar-refractivity contribution in [2.24, 2.45) is 0 Å². The normalized spacial score (nSPS) is 20.9. The molecule has 2 aromatic carbocycles. The van der Waals surface area contributed by atoms with Crippen LogP contribution in [0.3, 0.4) is 0 Å². The van der Waals surface area contributed by atoms with Crippen LogP contribution in [0.25, 0.3) is 5.57 Å². The first kappa shape index (κ1) is 17.0. The van der Waals surface area contributed by atoms with Crippen LogP contribution in [0.5, 0.6) is 0 Å². The van der Waals surface area contributed by atoms with Crippen molar-refractivity contribution in [1.29, 1.82) is 0 Å². The zero-order valence-corrected chi connectivity index (χ0v) is 16.5. The number of halogens is 1. The van der Waals surface area contributed by atoms with E-state index in [-0.39, 0.29) is 5.91 Å². The number of benzene rings is 2. The Morgan fingerprint density at radius 1 is 1.12 bits per heavy atom. The lowest BCUT2D eigenvalue weighted by Crippen LogP contribution is -2.42. The molecule has 1 aliphatic carbocycles. The van der Waals surface area contributed by atoms with Gasteiger partial charge in [-0.1, -0.05) is 36.4 Å². The van der Waals surface area contributed by atoms with Gasteiger partial charge in [0.05, 0.1) is 12.7 Å². The Bertz CT molecular complexity index is 994. The predicted octanol–water partition coefficient (Wildman–Crippen LogP) is 3.70. The van der Waals surface area contributed by atoms with Gasteiger partial charge in [0.25, 0.3) is 0 Å². The molecule has 0 saturated heterocycles. The van der Waals surface area contributed by atoms with E-state index < -0.39 is 11.4 Å². The van der Waals surface area contributed by atoms with Crippen molar-refractivity contribution in [3.05, 3.63) is 81.0 Å². The molecule has 5 heteroatoms. The van der Waals surface area contributed by atoms with Crippen LogP contribution in [0.1, 0.15) is 11.1 Å². The van der Waals surface area contributed by atoms with Crippen LogP contribution in [-0.2, 0) is 19.7 Å². The van der Waals surface area contributed by atoms with Crippen molar-refractivity contribution in [2.75, 3.05) is 19.1 Å². The smallest absolute Gasteiger partial charge is 0.335 e. The second-order valence-electron chi connectivity index (χ2n) is 6.29. The molecule has 4 rings (SSSR count). The van der Waals surface area contributed by atoms with Crippen LogP contribution in [0.4, 0.5) is 5.69 Å². The Morgan fingerprint density at radius 2 is 1.85 bits per heavy atom. The van der Waals surface area contributed by atoms with Gasteiger partial charge in [0.15, 0.2) is 0 Å². The van der Waals surface area contributed by atoms with Crippen molar-refractivity contribution < 1.29 is 14.3 Å². The number of carbonyl (C=O) groups is 2. The molecule has 1 aliphatic heterocycles. The van der Waals surface area contributed by atoms with Crippen molar-refractivity contribution in [3.63, 3.8) is 0 Å². The zero-order valence-electron chi connectivity index (χ0n) is 14.3. The first-order chi connectivity index (χ1) is 12.5. The van der Waals surface area contributed by atoms with Gasteiger partial charge in [0.1, 0.15) is 5.41 Å². The predicted molar refractivity (Wildman–Crippen MR) is 109 cm³/mol. The highest BCUT2D eigenvalue weighted by Crippen LogP contribution is 2.56. The Morgan fingerprint density at radius 3 is 2.54 bits per heavy atom. The Balaban J connectivity index is 2.05. The Labute approximate surface area is 165 Å². The first-order valence-corrected chi connectivity index (χ1v) is 9.24. The minimum Gasteiger partial charge on any atom is -0.466 e. The summed E-state index contributed by atoms with van der Waals surface area (Å²) in [6.45, 7) is 0. The fourth-order valence-corrected chi connectivity index (χ4v) is 4.41. The summed E-state index contributed by atoms with van der Waals surface area (Å²) in [6, 6.07) is 15.6. The van der Waals surface area contributed by atoms with E-state index in [1.54, 1.807) is 18.0 Å². The summed E-state index contributed by atoms with van der Waals surface area (Å²) in [4.78, 5) is 27.8. The second-order valence-corrected chi connectivity index (χ2v) is 7.54. The maximum absolute atomic E-state index is 13.5. The molecule has 1 heterocycles. The minimum atomic E-state index is -1.17. The number of nitrogens with zero attached hydrogens (tertiary/aromatic N) is 1. The summed E-state index contributed by atoms with van der Waals surface area (Å²) in [5, 5.41) is 0. The molecular weight excluding hydrogens is 441 g/mol. The van der Waals surface area contributed by atoms with Gasteiger partial charge in [-0.2, -0.15) is 0 Å². The number of esters is 1. The SMILES string of the molecule is COC(=O)C1=CC=C(c2ccccc2)[C@]12C(=O)N(C)c1ccc(I)cc12. The number of amides is 1. The monoisotopic (exact) mass is 457 g/mol. The van der Waals surface area contributed by atoms with E-state index in [9.17, 15) is 9.59 Å².